The van der Waals surface area contributed by atoms with Gasteiger partial charge in [-0.1, -0.05) is 6.92 Å². The van der Waals surface area contributed by atoms with Crippen LogP contribution in [0.3, 0.4) is 0 Å². The van der Waals surface area contributed by atoms with Gasteiger partial charge >= 0.3 is 12.0 Å². The second kappa shape index (κ2) is 5.39. The van der Waals surface area contributed by atoms with E-state index in [1.54, 1.807) is 10.3 Å². The molecule has 0 unspecified atom stereocenters. The molecule has 5 nitrogen and oxygen atoms in total. The minimum absolute atomic E-state index is 0.152. The normalized spacial score (nSPS) is 16.6. The Morgan fingerprint density at radius 1 is 1.44 bits per heavy atom. The molecule has 0 radical (unpaired) electrons. The van der Waals surface area contributed by atoms with Gasteiger partial charge in [-0.3, -0.25) is 5.32 Å². The Balaban J connectivity index is 1.98. The van der Waals surface area contributed by atoms with Crippen LogP contribution in [0.2, 0.25) is 0 Å². The van der Waals surface area contributed by atoms with Gasteiger partial charge in [-0.25, -0.2) is 9.59 Å². The van der Waals surface area contributed by atoms with Crippen LogP contribution in [0.25, 0.3) is 0 Å². The average Bonchev–Trinajstić information content (AvgIpc) is 2.78. The molecule has 2 N–H and O–H groups in total. The summed E-state index contributed by atoms with van der Waals surface area (Å²) < 4.78 is 0. The summed E-state index contributed by atoms with van der Waals surface area (Å²) in [6.45, 7) is 3.65. The van der Waals surface area contributed by atoms with E-state index in [0.717, 1.165) is 25.9 Å². The predicted octanol–water partition coefficient (Wildman–Crippen LogP) is 2.71. The van der Waals surface area contributed by atoms with Crippen LogP contribution in [0, 0.1) is 5.92 Å². The molecule has 0 atom stereocenters. The maximum Gasteiger partial charge on any atom is 0.338 e. The van der Waals surface area contributed by atoms with Crippen LogP contribution in [0.15, 0.2) is 11.4 Å². The lowest BCUT2D eigenvalue weighted by Crippen LogP contribution is -2.40. The van der Waals surface area contributed by atoms with Crippen molar-refractivity contribution in [1.29, 1.82) is 0 Å². The van der Waals surface area contributed by atoms with Gasteiger partial charge in [-0.05, 0) is 30.2 Å². The number of nitrogens with one attached hydrogen (secondary N) is 1. The highest BCUT2D eigenvalue weighted by atomic mass is 32.1. The van der Waals surface area contributed by atoms with Crippen molar-refractivity contribution >= 4 is 28.3 Å². The minimum atomic E-state index is -1.01. The number of aromatic carboxylic acids is 1. The number of likely N-dealkylation sites (tertiary alicyclic amines) is 1. The van der Waals surface area contributed by atoms with Gasteiger partial charge in [0.25, 0.3) is 0 Å². The fraction of sp³-hybridized carbons (Fsp3) is 0.500. The number of carboxylic acids is 1. The Kier molecular flexibility index (Phi) is 3.86. The summed E-state index contributed by atoms with van der Waals surface area (Å²) in [4.78, 5) is 24.6. The number of carbonyl (C=O) groups excluding carboxylic acids is 1. The van der Waals surface area contributed by atoms with Crippen molar-refractivity contribution in [3.05, 3.63) is 17.0 Å². The van der Waals surface area contributed by atoms with Crippen molar-refractivity contribution in [2.75, 3.05) is 18.4 Å². The Labute approximate surface area is 109 Å². The number of carbonyl (C=O) groups is 2. The molecule has 1 aliphatic heterocycles. The summed E-state index contributed by atoms with van der Waals surface area (Å²) in [5.41, 5.74) is 0.152. The highest BCUT2D eigenvalue weighted by molar-refractivity contribution is 7.14. The molecule has 2 amide bonds. The number of rotatable bonds is 2. The van der Waals surface area contributed by atoms with E-state index in [0.29, 0.717) is 10.9 Å². The molecule has 1 aromatic heterocycles. The summed E-state index contributed by atoms with van der Waals surface area (Å²) in [6.07, 6.45) is 2.01. The third-order valence-corrected chi connectivity index (χ3v) is 4.02. The van der Waals surface area contributed by atoms with E-state index in [2.05, 4.69) is 12.2 Å². The number of anilines is 1. The van der Waals surface area contributed by atoms with E-state index in [1.165, 1.54) is 17.4 Å². The number of hydrogen-bond acceptors (Lipinski definition) is 3. The summed E-state index contributed by atoms with van der Waals surface area (Å²) in [5.74, 6) is -0.357. The van der Waals surface area contributed by atoms with Gasteiger partial charge in [0.05, 0.1) is 5.56 Å². The number of thiophene rings is 1. The van der Waals surface area contributed by atoms with Crippen LogP contribution >= 0.6 is 11.3 Å². The van der Waals surface area contributed by atoms with Gasteiger partial charge in [0.2, 0.25) is 0 Å². The molecule has 0 spiro atoms. The summed E-state index contributed by atoms with van der Waals surface area (Å²) in [5, 5.41) is 13.7. The van der Waals surface area contributed by atoms with Crippen molar-refractivity contribution in [3.63, 3.8) is 0 Å². The largest absolute Gasteiger partial charge is 0.478 e. The number of urea groups is 1. The van der Waals surface area contributed by atoms with Crippen LogP contribution in [0.4, 0.5) is 9.80 Å². The van der Waals surface area contributed by atoms with Crippen molar-refractivity contribution in [3.8, 4) is 0 Å². The molecular weight excluding hydrogens is 252 g/mol. The fourth-order valence-corrected chi connectivity index (χ4v) is 2.73. The van der Waals surface area contributed by atoms with Crippen LogP contribution < -0.4 is 5.32 Å². The molecule has 2 heterocycles. The number of amides is 2. The predicted molar refractivity (Wildman–Crippen MR) is 70.3 cm³/mol. The highest BCUT2D eigenvalue weighted by Crippen LogP contribution is 2.24. The SMILES string of the molecule is CC1CCN(C(=O)Nc2sccc2C(=O)O)CC1. The first kappa shape index (κ1) is 12.9. The molecule has 2 rings (SSSR count). The van der Waals surface area contributed by atoms with Crippen LogP contribution in [-0.2, 0) is 0 Å². The monoisotopic (exact) mass is 268 g/mol. The van der Waals surface area contributed by atoms with E-state index in [1.807, 2.05) is 0 Å². The molecule has 1 fully saturated rings. The van der Waals surface area contributed by atoms with Crippen molar-refractivity contribution in [2.45, 2.75) is 19.8 Å². The molecule has 98 valence electrons. The van der Waals surface area contributed by atoms with Gasteiger partial charge in [-0.2, -0.15) is 0 Å². The summed E-state index contributed by atoms with van der Waals surface area (Å²) >= 11 is 1.23. The lowest BCUT2D eigenvalue weighted by molar-refractivity contribution is 0.0698. The van der Waals surface area contributed by atoms with Crippen molar-refractivity contribution in [2.24, 2.45) is 5.92 Å². The Morgan fingerprint density at radius 2 is 2.11 bits per heavy atom. The molecule has 1 aromatic rings. The van der Waals surface area contributed by atoms with E-state index in [4.69, 9.17) is 5.11 Å². The Hall–Kier alpha value is -1.56. The number of piperidine rings is 1. The summed E-state index contributed by atoms with van der Waals surface area (Å²) in [6, 6.07) is 1.30. The first-order chi connectivity index (χ1) is 8.58. The van der Waals surface area contributed by atoms with Crippen LogP contribution in [-0.4, -0.2) is 35.1 Å². The molecular formula is C12H16N2O3S. The first-order valence-electron chi connectivity index (χ1n) is 5.94. The third kappa shape index (κ3) is 2.81. The van der Waals surface area contributed by atoms with Crippen molar-refractivity contribution < 1.29 is 14.7 Å². The quantitative estimate of drug-likeness (QED) is 0.866. The zero-order valence-corrected chi connectivity index (χ0v) is 11.0. The zero-order valence-electron chi connectivity index (χ0n) is 10.2. The van der Waals surface area contributed by atoms with E-state index >= 15 is 0 Å². The summed E-state index contributed by atoms with van der Waals surface area (Å²) in [7, 11) is 0. The number of hydrogen-bond donors (Lipinski definition) is 2. The molecule has 0 aliphatic carbocycles. The van der Waals surface area contributed by atoms with E-state index in [-0.39, 0.29) is 11.6 Å². The third-order valence-electron chi connectivity index (χ3n) is 3.19. The lowest BCUT2D eigenvalue weighted by atomic mass is 10.00. The average molecular weight is 268 g/mol. The molecule has 6 heteroatoms. The second-order valence-electron chi connectivity index (χ2n) is 4.57. The molecule has 18 heavy (non-hydrogen) atoms. The number of carboxylic acid groups (broad SMARTS) is 1. The maximum absolute atomic E-state index is 12.0. The molecule has 1 aliphatic rings. The number of nitrogens with zero attached hydrogens (tertiary/aromatic N) is 1. The van der Waals surface area contributed by atoms with Gasteiger partial charge in [-0.15, -0.1) is 11.3 Å². The zero-order chi connectivity index (χ0) is 13.1. The van der Waals surface area contributed by atoms with Gasteiger partial charge in [0.15, 0.2) is 0 Å². The molecule has 0 aromatic carbocycles. The molecule has 0 bridgehead atoms. The van der Waals surface area contributed by atoms with Gasteiger partial charge in [0.1, 0.15) is 5.00 Å². The lowest BCUT2D eigenvalue weighted by Gasteiger charge is -2.30. The Morgan fingerprint density at radius 3 is 2.72 bits per heavy atom. The fourth-order valence-electron chi connectivity index (χ4n) is 1.96. The minimum Gasteiger partial charge on any atom is -0.478 e. The van der Waals surface area contributed by atoms with E-state index < -0.39 is 5.97 Å². The molecule has 1 saturated heterocycles. The van der Waals surface area contributed by atoms with Crippen LogP contribution in [0.1, 0.15) is 30.1 Å². The smallest absolute Gasteiger partial charge is 0.338 e. The molecule has 0 saturated carbocycles. The van der Waals surface area contributed by atoms with Crippen LogP contribution in [0.5, 0.6) is 0 Å². The van der Waals surface area contributed by atoms with Crippen molar-refractivity contribution in [1.82, 2.24) is 4.90 Å². The second-order valence-corrected chi connectivity index (χ2v) is 5.48. The topological polar surface area (TPSA) is 69.6 Å². The standard InChI is InChI=1S/C12H16N2O3S/c1-8-2-5-14(6-3-8)12(17)13-10-9(11(15)16)4-7-18-10/h4,7-8H,2-3,5-6H2,1H3,(H,13,17)(H,15,16). The highest BCUT2D eigenvalue weighted by Gasteiger charge is 2.22. The Bertz CT molecular complexity index is 450. The van der Waals surface area contributed by atoms with E-state index in [9.17, 15) is 9.59 Å². The first-order valence-corrected chi connectivity index (χ1v) is 6.82. The van der Waals surface area contributed by atoms with Gasteiger partial charge < -0.3 is 10.0 Å². The van der Waals surface area contributed by atoms with Gasteiger partial charge in [0, 0.05) is 13.1 Å². The maximum atomic E-state index is 12.0.